The summed E-state index contributed by atoms with van der Waals surface area (Å²) in [6.07, 6.45) is 2.54. The fourth-order valence-corrected chi connectivity index (χ4v) is 1.18. The number of aliphatic hydroxyl groups excluding tert-OH is 1. The lowest BCUT2D eigenvalue weighted by atomic mass is 10.1. The van der Waals surface area contributed by atoms with Crippen LogP contribution in [0.15, 0.2) is 18.3 Å². The Balaban J connectivity index is 0.000000720. The van der Waals surface area contributed by atoms with Crippen LogP contribution in [0.25, 0.3) is 0 Å². The first kappa shape index (κ1) is 9.29. The van der Waals surface area contributed by atoms with E-state index in [1.54, 1.807) is 12.3 Å². The van der Waals surface area contributed by atoms with Crippen LogP contribution in [0.5, 0.6) is 5.75 Å². The number of aliphatic hydroxyl groups is 1. The molecule has 0 radical (unpaired) electrons. The van der Waals surface area contributed by atoms with E-state index in [9.17, 15) is 0 Å². The average molecular weight is 188 g/mol. The van der Waals surface area contributed by atoms with Crippen molar-refractivity contribution in [2.45, 2.75) is 19.1 Å². The second kappa shape index (κ2) is 3.74. The fraction of sp³-hybridized carbons (Fsp3) is 0.375. The Labute approximate surface area is 76.8 Å². The first-order valence-electron chi connectivity index (χ1n) is 3.65. The third kappa shape index (κ3) is 1.68. The molecule has 3 nitrogen and oxygen atoms in total. The molecule has 0 amide bonds. The molecule has 0 saturated heterocycles. The molecule has 4 heteroatoms. The monoisotopic (exact) mass is 187 g/mol. The summed E-state index contributed by atoms with van der Waals surface area (Å²) in [6, 6.07) is 3.63. The molecule has 2 heterocycles. The maximum atomic E-state index is 9.11. The van der Waals surface area contributed by atoms with E-state index in [0.29, 0.717) is 12.2 Å². The lowest BCUT2D eigenvalue weighted by Crippen LogP contribution is -2.22. The molecule has 0 fully saturated rings. The number of halogens is 1. The van der Waals surface area contributed by atoms with Gasteiger partial charge in [-0.25, -0.2) is 0 Å². The van der Waals surface area contributed by atoms with Crippen LogP contribution < -0.4 is 4.74 Å². The summed E-state index contributed by atoms with van der Waals surface area (Å²) in [5.74, 6) is 0.714. The fourth-order valence-electron chi connectivity index (χ4n) is 1.18. The van der Waals surface area contributed by atoms with Crippen molar-refractivity contribution in [3.05, 3.63) is 24.0 Å². The smallest absolute Gasteiger partial charge is 0.197 e. The third-order valence-electron chi connectivity index (χ3n) is 1.74. The minimum Gasteiger partial charge on any atom is -0.463 e. The van der Waals surface area contributed by atoms with Gasteiger partial charge in [0, 0.05) is 12.6 Å². The van der Waals surface area contributed by atoms with Crippen LogP contribution in [-0.4, -0.2) is 16.4 Å². The number of pyridine rings is 1. The van der Waals surface area contributed by atoms with E-state index in [1.165, 1.54) is 0 Å². The van der Waals surface area contributed by atoms with E-state index >= 15 is 0 Å². The zero-order valence-corrected chi connectivity index (χ0v) is 7.25. The van der Waals surface area contributed by atoms with Crippen LogP contribution in [0, 0.1) is 0 Å². The molecule has 0 aliphatic carbocycles. The van der Waals surface area contributed by atoms with Crippen molar-refractivity contribution < 1.29 is 9.84 Å². The minimum absolute atomic E-state index is 0. The number of fused-ring (bicyclic) bond motifs is 1. The first-order valence-corrected chi connectivity index (χ1v) is 3.65. The summed E-state index contributed by atoms with van der Waals surface area (Å²) < 4.78 is 5.12. The van der Waals surface area contributed by atoms with Gasteiger partial charge in [0.2, 0.25) is 0 Å². The molecule has 1 aliphatic heterocycles. The first-order chi connectivity index (χ1) is 5.36. The van der Waals surface area contributed by atoms with Gasteiger partial charge in [-0.1, -0.05) is 0 Å². The van der Waals surface area contributed by atoms with Gasteiger partial charge in [0.05, 0.1) is 5.69 Å². The van der Waals surface area contributed by atoms with E-state index in [-0.39, 0.29) is 12.4 Å². The maximum Gasteiger partial charge on any atom is 0.197 e. The van der Waals surface area contributed by atoms with Crippen LogP contribution in [0.3, 0.4) is 0 Å². The van der Waals surface area contributed by atoms with Crippen molar-refractivity contribution in [2.75, 3.05) is 0 Å². The van der Waals surface area contributed by atoms with Crippen LogP contribution in [0.4, 0.5) is 0 Å². The van der Waals surface area contributed by atoms with Gasteiger partial charge >= 0.3 is 0 Å². The summed E-state index contributed by atoms with van der Waals surface area (Å²) in [6.45, 7) is 0. The highest BCUT2D eigenvalue weighted by atomic mass is 35.5. The number of hydrogen-bond acceptors (Lipinski definition) is 3. The molecule has 12 heavy (non-hydrogen) atoms. The molecule has 0 aromatic carbocycles. The number of hydrogen-bond donors (Lipinski definition) is 1. The van der Waals surface area contributed by atoms with Crippen molar-refractivity contribution in [3.8, 4) is 5.75 Å². The topological polar surface area (TPSA) is 42.4 Å². The number of rotatable bonds is 0. The van der Waals surface area contributed by atoms with Crippen molar-refractivity contribution in [1.29, 1.82) is 0 Å². The summed E-state index contributed by atoms with van der Waals surface area (Å²) in [5, 5.41) is 9.11. The lowest BCUT2D eigenvalue weighted by molar-refractivity contribution is -0.0324. The van der Waals surface area contributed by atoms with E-state index in [4.69, 9.17) is 9.84 Å². The summed E-state index contributed by atoms with van der Waals surface area (Å²) in [7, 11) is 0. The molecule has 1 atom stereocenters. The SMILES string of the molecule is Cl.OC1CCc2ncccc2O1. The third-order valence-corrected chi connectivity index (χ3v) is 1.74. The van der Waals surface area contributed by atoms with E-state index in [0.717, 1.165) is 12.1 Å². The van der Waals surface area contributed by atoms with E-state index < -0.39 is 6.29 Å². The molecule has 2 rings (SSSR count). The molecule has 1 N–H and O–H groups in total. The predicted molar refractivity (Wildman–Crippen MR) is 46.4 cm³/mol. The Morgan fingerprint density at radius 3 is 3.25 bits per heavy atom. The van der Waals surface area contributed by atoms with E-state index in [1.807, 2.05) is 6.07 Å². The van der Waals surface area contributed by atoms with Gasteiger partial charge in [0.25, 0.3) is 0 Å². The Morgan fingerprint density at radius 1 is 1.58 bits per heavy atom. The van der Waals surface area contributed by atoms with Crippen LogP contribution in [0.1, 0.15) is 12.1 Å². The van der Waals surface area contributed by atoms with Gasteiger partial charge in [0.15, 0.2) is 6.29 Å². The normalized spacial score (nSPS) is 20.2. The summed E-state index contributed by atoms with van der Waals surface area (Å²) in [4.78, 5) is 4.12. The van der Waals surface area contributed by atoms with Crippen molar-refractivity contribution in [1.82, 2.24) is 4.98 Å². The van der Waals surface area contributed by atoms with Gasteiger partial charge in [-0.05, 0) is 18.6 Å². The van der Waals surface area contributed by atoms with Gasteiger partial charge in [-0.2, -0.15) is 0 Å². The van der Waals surface area contributed by atoms with Gasteiger partial charge in [-0.3, -0.25) is 4.98 Å². The molecule has 66 valence electrons. The standard InChI is InChI=1S/C8H9NO2.ClH/c10-8-4-3-6-7(11-8)2-1-5-9-6;/h1-2,5,8,10H,3-4H2;1H. The average Bonchev–Trinajstić information content (AvgIpc) is 2.04. The summed E-state index contributed by atoms with van der Waals surface area (Å²) in [5.41, 5.74) is 0.942. The van der Waals surface area contributed by atoms with Crippen molar-refractivity contribution in [2.24, 2.45) is 0 Å². The van der Waals surface area contributed by atoms with Gasteiger partial charge in [0.1, 0.15) is 5.75 Å². The second-order valence-electron chi connectivity index (χ2n) is 2.56. The maximum absolute atomic E-state index is 9.11. The lowest BCUT2D eigenvalue weighted by Gasteiger charge is -2.20. The Kier molecular flexibility index (Phi) is 2.89. The van der Waals surface area contributed by atoms with Gasteiger partial charge in [-0.15, -0.1) is 12.4 Å². The quantitative estimate of drug-likeness (QED) is 0.663. The number of ether oxygens (including phenoxy) is 1. The predicted octanol–water partition coefficient (Wildman–Crippen LogP) is 1.15. The van der Waals surface area contributed by atoms with Crippen molar-refractivity contribution in [3.63, 3.8) is 0 Å². The van der Waals surface area contributed by atoms with Crippen LogP contribution in [0.2, 0.25) is 0 Å². The molecule has 0 bridgehead atoms. The number of aryl methyl sites for hydroxylation is 1. The second-order valence-corrected chi connectivity index (χ2v) is 2.56. The highest BCUT2D eigenvalue weighted by Crippen LogP contribution is 2.23. The van der Waals surface area contributed by atoms with Gasteiger partial charge < -0.3 is 9.84 Å². The largest absolute Gasteiger partial charge is 0.463 e. The molecule has 1 unspecified atom stereocenters. The van der Waals surface area contributed by atoms with Crippen molar-refractivity contribution >= 4 is 12.4 Å². The molecule has 1 aliphatic rings. The Bertz CT molecular complexity index is 267. The molecule has 0 spiro atoms. The van der Waals surface area contributed by atoms with Crippen LogP contribution >= 0.6 is 12.4 Å². The number of aromatic nitrogens is 1. The zero-order valence-electron chi connectivity index (χ0n) is 6.43. The van der Waals surface area contributed by atoms with E-state index in [2.05, 4.69) is 4.98 Å². The molecular formula is C8H10ClNO2. The molecule has 1 aromatic rings. The Hall–Kier alpha value is -0.800. The zero-order chi connectivity index (χ0) is 7.68. The molecular weight excluding hydrogens is 178 g/mol. The molecule has 1 aromatic heterocycles. The van der Waals surface area contributed by atoms with Crippen LogP contribution in [-0.2, 0) is 6.42 Å². The Morgan fingerprint density at radius 2 is 2.42 bits per heavy atom. The molecule has 0 saturated carbocycles. The number of nitrogens with zero attached hydrogens (tertiary/aromatic N) is 1. The summed E-state index contributed by atoms with van der Waals surface area (Å²) >= 11 is 0. The highest BCUT2D eigenvalue weighted by Gasteiger charge is 2.16. The highest BCUT2D eigenvalue weighted by molar-refractivity contribution is 5.85. The minimum atomic E-state index is -0.647.